The summed E-state index contributed by atoms with van der Waals surface area (Å²) >= 11 is 5.84. The number of fused-ring (bicyclic) bond motifs is 1. The molecule has 0 N–H and O–H groups in total. The number of aromatic nitrogens is 4. The van der Waals surface area contributed by atoms with Gasteiger partial charge in [0.1, 0.15) is 18.0 Å². The van der Waals surface area contributed by atoms with E-state index in [0.717, 1.165) is 17.2 Å². The Morgan fingerprint density at radius 3 is 2.68 bits per heavy atom. The summed E-state index contributed by atoms with van der Waals surface area (Å²) in [5.41, 5.74) is 3.68. The molecule has 0 spiro atoms. The van der Waals surface area contributed by atoms with Gasteiger partial charge in [0.25, 0.3) is 0 Å². The number of rotatable bonds is 2. The Labute approximate surface area is 146 Å². The Morgan fingerprint density at radius 2 is 1.84 bits per heavy atom. The molecule has 4 rings (SSSR count). The van der Waals surface area contributed by atoms with Crippen LogP contribution >= 0.6 is 11.6 Å². The van der Waals surface area contributed by atoms with E-state index in [9.17, 15) is 8.78 Å². The van der Waals surface area contributed by atoms with Crippen molar-refractivity contribution in [3.63, 3.8) is 0 Å². The molecule has 0 atom stereocenters. The van der Waals surface area contributed by atoms with Gasteiger partial charge in [-0.2, -0.15) is 5.10 Å². The van der Waals surface area contributed by atoms with E-state index in [0.29, 0.717) is 16.9 Å². The van der Waals surface area contributed by atoms with Crippen molar-refractivity contribution in [2.45, 2.75) is 6.92 Å². The zero-order valence-electron chi connectivity index (χ0n) is 13.0. The highest BCUT2D eigenvalue weighted by atomic mass is 35.5. The van der Waals surface area contributed by atoms with Gasteiger partial charge in [-0.15, -0.1) is 0 Å². The Bertz CT molecular complexity index is 1110. The lowest BCUT2D eigenvalue weighted by molar-refractivity contribution is 0.585. The first-order chi connectivity index (χ1) is 12.0. The first-order valence-electron chi connectivity index (χ1n) is 7.45. The second kappa shape index (κ2) is 5.89. The molecule has 124 valence electrons. The van der Waals surface area contributed by atoms with E-state index in [1.807, 2.05) is 19.1 Å². The van der Waals surface area contributed by atoms with E-state index in [4.69, 9.17) is 11.6 Å². The highest BCUT2D eigenvalue weighted by Crippen LogP contribution is 2.35. The quantitative estimate of drug-likeness (QED) is 0.489. The average molecular weight is 357 g/mol. The lowest BCUT2D eigenvalue weighted by Gasteiger charge is -2.12. The lowest BCUT2D eigenvalue weighted by atomic mass is 9.97. The molecule has 0 aliphatic rings. The monoisotopic (exact) mass is 356 g/mol. The van der Waals surface area contributed by atoms with E-state index in [1.165, 1.54) is 12.4 Å². The van der Waals surface area contributed by atoms with Crippen LogP contribution < -0.4 is 0 Å². The molecular formula is C18H11ClF2N4. The molecule has 4 nitrogen and oxygen atoms in total. The molecule has 0 aliphatic heterocycles. The maximum atomic E-state index is 14.3. The molecule has 0 bridgehead atoms. The Morgan fingerprint density at radius 1 is 1.00 bits per heavy atom. The number of benzene rings is 1. The van der Waals surface area contributed by atoms with Crippen LogP contribution in [0.4, 0.5) is 8.78 Å². The smallest absolute Gasteiger partial charge is 0.155 e. The maximum Gasteiger partial charge on any atom is 0.155 e. The van der Waals surface area contributed by atoms with E-state index in [2.05, 4.69) is 15.1 Å². The molecule has 0 amide bonds. The van der Waals surface area contributed by atoms with Crippen LogP contribution in [0.25, 0.3) is 28.0 Å². The van der Waals surface area contributed by atoms with Crippen molar-refractivity contribution in [3.8, 4) is 22.4 Å². The van der Waals surface area contributed by atoms with E-state index >= 15 is 0 Å². The van der Waals surface area contributed by atoms with Gasteiger partial charge in [0.15, 0.2) is 5.65 Å². The summed E-state index contributed by atoms with van der Waals surface area (Å²) in [6.07, 6.45) is 4.82. The van der Waals surface area contributed by atoms with Crippen LogP contribution in [0.2, 0.25) is 5.02 Å². The molecular weight excluding hydrogens is 346 g/mol. The zero-order chi connectivity index (χ0) is 17.6. The number of hydrogen-bond acceptors (Lipinski definition) is 3. The molecule has 0 saturated carbocycles. The minimum atomic E-state index is -0.805. The second-order valence-electron chi connectivity index (χ2n) is 5.58. The average Bonchev–Trinajstić information content (AvgIpc) is 3.04. The standard InChI is InChI=1S/C18H11ClF2N4/c1-10-5-17-23-9-24-25(17)8-13(10)11-3-2-4-22-18(11)12-6-14(19)16(21)7-15(12)20/h2-9H,1H3. The van der Waals surface area contributed by atoms with Crippen LogP contribution in [-0.2, 0) is 0 Å². The van der Waals surface area contributed by atoms with Gasteiger partial charge in [0.05, 0.1) is 10.7 Å². The first-order valence-corrected chi connectivity index (χ1v) is 7.82. The largest absolute Gasteiger partial charge is 0.255 e. The van der Waals surface area contributed by atoms with Gasteiger partial charge < -0.3 is 0 Å². The molecule has 3 heterocycles. The minimum Gasteiger partial charge on any atom is -0.255 e. The molecule has 0 fully saturated rings. The van der Waals surface area contributed by atoms with E-state index < -0.39 is 11.6 Å². The van der Waals surface area contributed by atoms with Crippen LogP contribution in [0.1, 0.15) is 5.56 Å². The zero-order valence-corrected chi connectivity index (χ0v) is 13.8. The minimum absolute atomic E-state index is 0.139. The second-order valence-corrected chi connectivity index (χ2v) is 5.99. The summed E-state index contributed by atoms with van der Waals surface area (Å²) in [5.74, 6) is -1.53. The summed E-state index contributed by atoms with van der Waals surface area (Å²) in [5, 5.41) is 3.98. The third-order valence-electron chi connectivity index (χ3n) is 3.99. The van der Waals surface area contributed by atoms with Gasteiger partial charge in [-0.3, -0.25) is 4.98 Å². The van der Waals surface area contributed by atoms with Crippen LogP contribution in [0, 0.1) is 18.6 Å². The fourth-order valence-electron chi connectivity index (χ4n) is 2.78. The number of pyridine rings is 2. The predicted octanol–water partition coefficient (Wildman–Crippen LogP) is 4.70. The molecule has 7 heteroatoms. The van der Waals surface area contributed by atoms with Crippen molar-refractivity contribution in [1.82, 2.24) is 19.6 Å². The highest BCUT2D eigenvalue weighted by molar-refractivity contribution is 6.31. The van der Waals surface area contributed by atoms with Crippen LogP contribution in [0.15, 0.2) is 49.1 Å². The SMILES string of the molecule is Cc1cc2ncnn2cc1-c1cccnc1-c1cc(Cl)c(F)cc1F. The fraction of sp³-hybridized carbons (Fsp3) is 0.0556. The van der Waals surface area contributed by atoms with E-state index in [-0.39, 0.29) is 10.6 Å². The Balaban J connectivity index is 1.98. The number of hydrogen-bond donors (Lipinski definition) is 0. The summed E-state index contributed by atoms with van der Waals surface area (Å²) in [7, 11) is 0. The summed E-state index contributed by atoms with van der Waals surface area (Å²) in [6, 6.07) is 7.48. The van der Waals surface area contributed by atoms with Crippen LogP contribution in [-0.4, -0.2) is 19.6 Å². The van der Waals surface area contributed by atoms with Gasteiger partial charge in [0.2, 0.25) is 0 Å². The van der Waals surface area contributed by atoms with Crippen molar-refractivity contribution in [3.05, 3.63) is 71.3 Å². The molecule has 0 radical (unpaired) electrons. The summed E-state index contributed by atoms with van der Waals surface area (Å²) < 4.78 is 29.5. The van der Waals surface area contributed by atoms with E-state index in [1.54, 1.807) is 23.0 Å². The topological polar surface area (TPSA) is 43.1 Å². The third-order valence-corrected chi connectivity index (χ3v) is 4.28. The lowest BCUT2D eigenvalue weighted by Crippen LogP contribution is -1.97. The fourth-order valence-corrected chi connectivity index (χ4v) is 2.94. The summed E-state index contributed by atoms with van der Waals surface area (Å²) in [4.78, 5) is 8.45. The van der Waals surface area contributed by atoms with Crippen molar-refractivity contribution in [2.75, 3.05) is 0 Å². The molecule has 0 aliphatic carbocycles. The first kappa shape index (κ1) is 15.7. The van der Waals surface area contributed by atoms with Gasteiger partial charge in [-0.05, 0) is 30.7 Å². The Hall–Kier alpha value is -2.86. The normalized spacial score (nSPS) is 11.2. The number of halogens is 3. The number of nitrogens with zero attached hydrogens (tertiary/aromatic N) is 4. The Kier molecular flexibility index (Phi) is 3.69. The van der Waals surface area contributed by atoms with Crippen molar-refractivity contribution < 1.29 is 8.78 Å². The molecule has 4 aromatic rings. The molecule has 0 saturated heterocycles. The highest BCUT2D eigenvalue weighted by Gasteiger charge is 2.17. The van der Waals surface area contributed by atoms with Crippen LogP contribution in [0.3, 0.4) is 0 Å². The molecule has 0 unspecified atom stereocenters. The molecule has 1 aromatic carbocycles. The van der Waals surface area contributed by atoms with Crippen molar-refractivity contribution in [2.24, 2.45) is 0 Å². The van der Waals surface area contributed by atoms with Gasteiger partial charge in [-0.1, -0.05) is 17.7 Å². The predicted molar refractivity (Wildman–Crippen MR) is 91.3 cm³/mol. The maximum absolute atomic E-state index is 14.3. The van der Waals surface area contributed by atoms with Gasteiger partial charge in [-0.25, -0.2) is 18.3 Å². The number of aryl methyl sites for hydroxylation is 1. The summed E-state index contributed by atoms with van der Waals surface area (Å²) in [6.45, 7) is 1.93. The molecule has 3 aromatic heterocycles. The van der Waals surface area contributed by atoms with Crippen molar-refractivity contribution >= 4 is 17.2 Å². The third kappa shape index (κ3) is 2.64. The van der Waals surface area contributed by atoms with Gasteiger partial charge in [0, 0.05) is 35.2 Å². The molecule has 25 heavy (non-hydrogen) atoms. The van der Waals surface area contributed by atoms with Gasteiger partial charge >= 0.3 is 0 Å². The van der Waals surface area contributed by atoms with Crippen molar-refractivity contribution in [1.29, 1.82) is 0 Å². The van der Waals surface area contributed by atoms with Crippen LogP contribution in [0.5, 0.6) is 0 Å².